The van der Waals surface area contributed by atoms with Crippen molar-refractivity contribution in [3.63, 3.8) is 0 Å². The van der Waals surface area contributed by atoms with Gasteiger partial charge in [-0.2, -0.15) is 5.10 Å². The molecular formula is C19H14BrClN4O4. The minimum atomic E-state index is -0.511. The second-order valence-corrected chi connectivity index (χ2v) is 7.10. The predicted molar refractivity (Wildman–Crippen MR) is 114 cm³/mol. The summed E-state index contributed by atoms with van der Waals surface area (Å²) < 4.78 is 6.53. The molecule has 10 heteroatoms. The van der Waals surface area contributed by atoms with Gasteiger partial charge in [0, 0.05) is 27.9 Å². The Kier molecular flexibility index (Phi) is 6.63. The number of hydrogen-bond donors (Lipinski definition) is 2. The average molecular weight is 478 g/mol. The van der Waals surface area contributed by atoms with Crippen LogP contribution in [0.4, 0.5) is 11.4 Å². The monoisotopic (exact) mass is 476 g/mol. The third kappa shape index (κ3) is 5.66. The van der Waals surface area contributed by atoms with Crippen LogP contribution in [0, 0.1) is 10.1 Å². The highest BCUT2D eigenvalue weighted by Crippen LogP contribution is 2.32. The number of furan rings is 1. The zero-order chi connectivity index (χ0) is 20.8. The molecule has 0 radical (unpaired) electrons. The van der Waals surface area contributed by atoms with Gasteiger partial charge in [0.05, 0.1) is 22.7 Å². The molecule has 0 atom stereocenters. The van der Waals surface area contributed by atoms with Gasteiger partial charge in [0.25, 0.3) is 11.6 Å². The molecule has 8 nitrogen and oxygen atoms in total. The van der Waals surface area contributed by atoms with Crippen LogP contribution in [0.1, 0.15) is 5.76 Å². The van der Waals surface area contributed by atoms with Crippen molar-refractivity contribution < 1.29 is 14.1 Å². The van der Waals surface area contributed by atoms with Crippen molar-refractivity contribution in [1.29, 1.82) is 0 Å². The fourth-order valence-electron chi connectivity index (χ4n) is 2.34. The third-order valence-electron chi connectivity index (χ3n) is 3.73. The lowest BCUT2D eigenvalue weighted by atomic mass is 10.1. The first-order chi connectivity index (χ1) is 13.9. The molecule has 0 aliphatic rings. The first kappa shape index (κ1) is 20.6. The molecule has 0 saturated heterocycles. The maximum atomic E-state index is 11.8. The molecule has 29 heavy (non-hydrogen) atoms. The Bertz CT molecular complexity index is 1070. The lowest BCUT2D eigenvalue weighted by Crippen LogP contribution is -2.25. The number of amides is 1. The van der Waals surface area contributed by atoms with Gasteiger partial charge in [-0.05, 0) is 42.5 Å². The van der Waals surface area contributed by atoms with Gasteiger partial charge < -0.3 is 9.73 Å². The highest BCUT2D eigenvalue weighted by Gasteiger charge is 2.14. The van der Waals surface area contributed by atoms with Gasteiger partial charge in [-0.25, -0.2) is 5.43 Å². The minimum Gasteiger partial charge on any atom is -0.455 e. The van der Waals surface area contributed by atoms with Gasteiger partial charge >= 0.3 is 0 Å². The number of nitro benzene ring substituents is 1. The van der Waals surface area contributed by atoms with E-state index < -0.39 is 4.92 Å². The highest BCUT2D eigenvalue weighted by atomic mass is 79.9. The highest BCUT2D eigenvalue weighted by molar-refractivity contribution is 9.10. The number of hydrogen-bond acceptors (Lipinski definition) is 6. The molecule has 1 amide bonds. The van der Waals surface area contributed by atoms with Gasteiger partial charge in [0.1, 0.15) is 11.5 Å². The number of non-ortho nitro benzene ring substituents is 1. The second-order valence-electron chi connectivity index (χ2n) is 5.78. The van der Waals surface area contributed by atoms with Crippen LogP contribution in [0.2, 0.25) is 5.02 Å². The van der Waals surface area contributed by atoms with Crippen LogP contribution >= 0.6 is 27.5 Å². The molecule has 0 fully saturated rings. The molecule has 0 aliphatic heterocycles. The van der Waals surface area contributed by atoms with Crippen LogP contribution in [-0.2, 0) is 4.79 Å². The summed E-state index contributed by atoms with van der Waals surface area (Å²) in [5.74, 6) is 0.366. The molecule has 0 aliphatic carbocycles. The van der Waals surface area contributed by atoms with E-state index in [-0.39, 0.29) is 18.1 Å². The van der Waals surface area contributed by atoms with Crippen molar-refractivity contribution in [3.8, 4) is 11.3 Å². The summed E-state index contributed by atoms with van der Waals surface area (Å²) >= 11 is 9.44. The maximum absolute atomic E-state index is 11.8. The molecule has 3 aromatic rings. The lowest BCUT2D eigenvalue weighted by molar-refractivity contribution is -0.384. The topological polar surface area (TPSA) is 110 Å². The van der Waals surface area contributed by atoms with E-state index in [0.29, 0.717) is 22.1 Å². The van der Waals surface area contributed by atoms with E-state index >= 15 is 0 Å². The third-order valence-corrected chi connectivity index (χ3v) is 4.59. The second kappa shape index (κ2) is 9.35. The van der Waals surface area contributed by atoms with Crippen LogP contribution in [0.15, 0.2) is 68.6 Å². The summed E-state index contributed by atoms with van der Waals surface area (Å²) in [7, 11) is 0. The quantitative estimate of drug-likeness (QED) is 0.288. The van der Waals surface area contributed by atoms with E-state index in [1.807, 2.05) is 24.3 Å². The van der Waals surface area contributed by atoms with Crippen LogP contribution in [0.3, 0.4) is 0 Å². The molecule has 1 heterocycles. The maximum Gasteiger partial charge on any atom is 0.270 e. The Morgan fingerprint density at radius 3 is 2.69 bits per heavy atom. The molecule has 0 saturated carbocycles. The van der Waals surface area contributed by atoms with E-state index in [4.69, 9.17) is 16.0 Å². The number of nitro groups is 1. The number of hydrazone groups is 1. The number of nitrogens with zero attached hydrogens (tertiary/aromatic N) is 2. The molecule has 3 rings (SSSR count). The van der Waals surface area contributed by atoms with E-state index in [1.54, 1.807) is 12.1 Å². The fourth-order valence-corrected chi connectivity index (χ4v) is 2.82. The van der Waals surface area contributed by atoms with E-state index in [9.17, 15) is 14.9 Å². The van der Waals surface area contributed by atoms with E-state index in [0.717, 1.165) is 10.2 Å². The van der Waals surface area contributed by atoms with Gasteiger partial charge in [0.2, 0.25) is 0 Å². The molecule has 1 aromatic heterocycles. The molecule has 2 N–H and O–H groups in total. The number of halogens is 2. The number of anilines is 1. The Labute approximate surface area is 178 Å². The van der Waals surface area contributed by atoms with Crippen molar-refractivity contribution >= 4 is 51.0 Å². The number of benzene rings is 2. The summed E-state index contributed by atoms with van der Waals surface area (Å²) in [5.41, 5.74) is 3.48. The normalized spacial score (nSPS) is 10.8. The van der Waals surface area contributed by atoms with Crippen LogP contribution < -0.4 is 10.7 Å². The van der Waals surface area contributed by atoms with Crippen molar-refractivity contribution in [2.75, 3.05) is 11.9 Å². The zero-order valence-electron chi connectivity index (χ0n) is 14.8. The largest absolute Gasteiger partial charge is 0.455 e. The Morgan fingerprint density at radius 1 is 1.21 bits per heavy atom. The molecular weight excluding hydrogens is 464 g/mol. The molecule has 0 bridgehead atoms. The van der Waals surface area contributed by atoms with Gasteiger partial charge in [-0.3, -0.25) is 14.9 Å². The summed E-state index contributed by atoms with van der Waals surface area (Å²) in [6.45, 7) is 0.0473. The Morgan fingerprint density at radius 2 is 1.97 bits per heavy atom. The van der Waals surface area contributed by atoms with Crippen molar-refractivity contribution in [2.45, 2.75) is 0 Å². The molecule has 0 spiro atoms. The molecule has 148 valence electrons. The number of carbonyl (C=O) groups excluding carboxylic acids is 1. The number of rotatable bonds is 7. The zero-order valence-corrected chi connectivity index (χ0v) is 17.1. The Hall–Kier alpha value is -3.17. The fraction of sp³-hybridized carbons (Fsp3) is 0.0526. The van der Waals surface area contributed by atoms with Gasteiger partial charge in [-0.1, -0.05) is 27.5 Å². The summed E-state index contributed by atoms with van der Waals surface area (Å²) in [6, 6.07) is 14.7. The van der Waals surface area contributed by atoms with Gasteiger partial charge in [0.15, 0.2) is 0 Å². The van der Waals surface area contributed by atoms with Crippen molar-refractivity contribution in [2.24, 2.45) is 5.10 Å². The summed E-state index contributed by atoms with van der Waals surface area (Å²) in [4.78, 5) is 22.3. The lowest BCUT2D eigenvalue weighted by Gasteiger charge is -2.04. The number of nitrogens with one attached hydrogen (secondary N) is 2. The van der Waals surface area contributed by atoms with Crippen LogP contribution in [-0.4, -0.2) is 23.6 Å². The first-order valence-corrected chi connectivity index (χ1v) is 9.45. The summed E-state index contributed by atoms with van der Waals surface area (Å²) in [6.07, 6.45) is 1.33. The van der Waals surface area contributed by atoms with Crippen LogP contribution in [0.5, 0.6) is 0 Å². The van der Waals surface area contributed by atoms with E-state index in [1.165, 1.54) is 24.4 Å². The molecule has 0 unspecified atom stereocenters. The summed E-state index contributed by atoms with van der Waals surface area (Å²) in [5, 5.41) is 18.1. The minimum absolute atomic E-state index is 0.0473. The van der Waals surface area contributed by atoms with Crippen LogP contribution in [0.25, 0.3) is 11.3 Å². The average Bonchev–Trinajstić information content (AvgIpc) is 3.16. The first-order valence-electron chi connectivity index (χ1n) is 8.28. The number of carbonyl (C=O) groups is 1. The molecule has 2 aromatic carbocycles. The van der Waals surface area contributed by atoms with Crippen molar-refractivity contribution in [1.82, 2.24) is 5.43 Å². The van der Waals surface area contributed by atoms with Gasteiger partial charge in [-0.15, -0.1) is 0 Å². The SMILES string of the molecule is O=C(CNc1ccc(Br)cc1)N/N=C\c1ccc(-c2cc([N+](=O)[O-])ccc2Cl)o1. The predicted octanol–water partition coefficient (Wildman–Crippen LogP) is 4.83. The standard InChI is InChI=1S/C19H14BrClN4O4/c20-12-1-3-13(4-2-12)22-11-19(26)24-23-10-15-6-8-18(29-15)16-9-14(25(27)28)5-7-17(16)21/h1-10,22H,11H2,(H,24,26)/b23-10-. The van der Waals surface area contributed by atoms with Crippen molar-refractivity contribution in [3.05, 3.63) is 80.0 Å². The van der Waals surface area contributed by atoms with E-state index in [2.05, 4.69) is 31.8 Å². The smallest absolute Gasteiger partial charge is 0.270 e. The Balaban J connectivity index is 1.58.